The summed E-state index contributed by atoms with van der Waals surface area (Å²) in [6.07, 6.45) is -1.80. The number of carbonyl (C=O) groups is 3. The molecule has 0 bridgehead atoms. The van der Waals surface area contributed by atoms with Crippen molar-refractivity contribution in [2.75, 3.05) is 0 Å². The molecule has 0 aromatic heterocycles. The number of aliphatic hydroxyl groups excluding tert-OH is 1. The molecule has 1 saturated carbocycles. The number of hydrogen-bond donors (Lipinski definition) is 8. The molecule has 5 atom stereocenters. The number of phenolic OH excluding ortho intramolecular Hbond substituents is 4. The van der Waals surface area contributed by atoms with E-state index >= 15 is 0 Å². The third kappa shape index (κ3) is 7.24. The largest absolute Gasteiger partial charge is 0.504 e. The van der Waals surface area contributed by atoms with Crippen LogP contribution in [0, 0.1) is 5.92 Å². The summed E-state index contributed by atoms with van der Waals surface area (Å²) < 4.78 is 10.7. The zero-order valence-corrected chi connectivity index (χ0v) is 23.4. The van der Waals surface area contributed by atoms with E-state index in [0.29, 0.717) is 5.56 Å². The van der Waals surface area contributed by atoms with E-state index in [9.17, 15) is 55.2 Å². The Morgan fingerprint density at radius 3 is 1.82 bits per heavy atom. The number of rotatable bonds is 9. The molecule has 1 fully saturated rings. The average molecular weight is 623 g/mol. The number of esters is 2. The first-order valence-electron chi connectivity index (χ1n) is 13.5. The van der Waals surface area contributed by atoms with Gasteiger partial charge in [0.05, 0.1) is 0 Å². The molecule has 4 rings (SSSR count). The fourth-order valence-corrected chi connectivity index (χ4v) is 4.98. The summed E-state index contributed by atoms with van der Waals surface area (Å²) in [5.41, 5.74) is -1.85. The maximum absolute atomic E-state index is 13.0. The molecule has 5 unspecified atom stereocenters. The summed E-state index contributed by atoms with van der Waals surface area (Å²) in [5.74, 6) is -10.8. The number of aliphatic hydroxyl groups is 3. The van der Waals surface area contributed by atoms with Crippen molar-refractivity contribution in [1.29, 1.82) is 0 Å². The third-order valence-corrected chi connectivity index (χ3v) is 7.37. The highest BCUT2D eigenvalue weighted by Crippen LogP contribution is 2.44. The van der Waals surface area contributed by atoms with E-state index in [1.54, 1.807) is 30.3 Å². The highest BCUT2D eigenvalue weighted by atomic mass is 16.7. The van der Waals surface area contributed by atoms with E-state index in [2.05, 4.69) is 0 Å². The van der Waals surface area contributed by atoms with Gasteiger partial charge in [-0.2, -0.15) is 0 Å². The third-order valence-electron chi connectivity index (χ3n) is 7.37. The molecule has 1 aliphatic rings. The number of carbonyl (C=O) groups excluding carboxylic acids is 2. The van der Waals surface area contributed by atoms with Crippen LogP contribution in [0.25, 0.3) is 12.2 Å². The molecular weight excluding hydrogens is 592 g/mol. The molecule has 236 valence electrons. The number of phenols is 4. The lowest BCUT2D eigenvalue weighted by molar-refractivity contribution is -0.330. The molecule has 45 heavy (non-hydrogen) atoms. The molecule has 13 heteroatoms. The van der Waals surface area contributed by atoms with Gasteiger partial charge in [0.15, 0.2) is 34.7 Å². The Bertz CT molecular complexity index is 1630. The highest BCUT2D eigenvalue weighted by molar-refractivity contribution is 5.89. The quantitative estimate of drug-likeness (QED) is 0.0737. The Kier molecular flexibility index (Phi) is 9.47. The van der Waals surface area contributed by atoms with Gasteiger partial charge in [-0.1, -0.05) is 42.5 Å². The van der Waals surface area contributed by atoms with Crippen LogP contribution in [0.3, 0.4) is 0 Å². The maximum atomic E-state index is 13.0. The van der Waals surface area contributed by atoms with E-state index in [4.69, 9.17) is 9.47 Å². The number of carboxylic acid groups (broad SMARTS) is 1. The first-order valence-corrected chi connectivity index (χ1v) is 13.5. The molecule has 0 saturated heterocycles. The average Bonchev–Trinajstić information content (AvgIpc) is 2.99. The van der Waals surface area contributed by atoms with E-state index in [0.717, 1.165) is 48.6 Å². The van der Waals surface area contributed by atoms with Crippen molar-refractivity contribution in [3.05, 3.63) is 95.6 Å². The molecule has 1 aliphatic carbocycles. The van der Waals surface area contributed by atoms with Crippen molar-refractivity contribution in [3.8, 4) is 23.0 Å². The van der Waals surface area contributed by atoms with Crippen LogP contribution >= 0.6 is 0 Å². The molecule has 13 nitrogen and oxygen atoms in total. The summed E-state index contributed by atoms with van der Waals surface area (Å²) in [6.45, 7) is 0. The number of hydrogen-bond acceptors (Lipinski definition) is 12. The number of carboxylic acids is 1. The number of aromatic hydroxyl groups is 4. The van der Waals surface area contributed by atoms with Gasteiger partial charge in [0.1, 0.15) is 6.10 Å². The highest BCUT2D eigenvalue weighted by Gasteiger charge is 2.66. The van der Waals surface area contributed by atoms with E-state index < -0.39 is 76.8 Å². The molecular formula is C32H30O13. The van der Waals surface area contributed by atoms with Gasteiger partial charge in [-0.15, -0.1) is 0 Å². The van der Waals surface area contributed by atoms with E-state index in [-0.39, 0.29) is 17.5 Å². The summed E-state index contributed by atoms with van der Waals surface area (Å²) in [4.78, 5) is 38.3. The second kappa shape index (κ2) is 13.1. The standard InChI is InChI=1S/C32H30O13/c33-22-10-6-19(15-24(22)35)8-12-27(38)44-29-21(14-18-4-2-1-3-5-18)31(42,30(40)41)17-26(37)32(29,43)45-28(39)13-9-20-7-11-23(34)25(36)16-20/h1-13,15-16,21,26,29,33-37,42-43H,14,17H2,(H,40,41). The van der Waals surface area contributed by atoms with E-state index in [1.165, 1.54) is 12.1 Å². The molecule has 3 aromatic rings. The first kappa shape index (κ1) is 32.5. The van der Waals surface area contributed by atoms with Gasteiger partial charge >= 0.3 is 17.9 Å². The minimum absolute atomic E-state index is 0.231. The van der Waals surface area contributed by atoms with Crippen LogP contribution in [0.15, 0.2) is 78.9 Å². The second-order valence-electron chi connectivity index (χ2n) is 10.4. The van der Waals surface area contributed by atoms with Crippen LogP contribution in [-0.4, -0.2) is 82.4 Å². The zero-order valence-electron chi connectivity index (χ0n) is 23.4. The topological polar surface area (TPSA) is 232 Å². The van der Waals surface area contributed by atoms with Gasteiger partial charge in [-0.25, -0.2) is 14.4 Å². The van der Waals surface area contributed by atoms with Crippen LogP contribution < -0.4 is 0 Å². The number of aliphatic carboxylic acids is 1. The minimum atomic E-state index is -3.07. The molecule has 0 heterocycles. The van der Waals surface area contributed by atoms with Gasteiger partial charge in [0, 0.05) is 24.5 Å². The summed E-state index contributed by atoms with van der Waals surface area (Å²) in [6, 6.07) is 15.4. The van der Waals surface area contributed by atoms with Crippen molar-refractivity contribution < 1.29 is 64.7 Å². The van der Waals surface area contributed by atoms with Crippen molar-refractivity contribution in [1.82, 2.24) is 0 Å². The van der Waals surface area contributed by atoms with Crippen molar-refractivity contribution in [3.63, 3.8) is 0 Å². The van der Waals surface area contributed by atoms with Crippen LogP contribution in [-0.2, 0) is 30.3 Å². The van der Waals surface area contributed by atoms with Crippen molar-refractivity contribution in [2.24, 2.45) is 5.92 Å². The van der Waals surface area contributed by atoms with Gasteiger partial charge < -0.3 is 50.3 Å². The zero-order chi connectivity index (χ0) is 32.9. The Labute approximate surface area is 255 Å². The first-order chi connectivity index (χ1) is 21.2. The molecule has 0 aliphatic heterocycles. The van der Waals surface area contributed by atoms with Crippen LogP contribution in [0.4, 0.5) is 0 Å². The van der Waals surface area contributed by atoms with Gasteiger partial charge in [0.2, 0.25) is 0 Å². The Hall–Kier alpha value is -5.37. The molecule has 0 radical (unpaired) electrons. The molecule has 8 N–H and O–H groups in total. The Morgan fingerprint density at radius 2 is 1.31 bits per heavy atom. The monoisotopic (exact) mass is 622 g/mol. The van der Waals surface area contributed by atoms with Crippen LogP contribution in [0.5, 0.6) is 23.0 Å². The SMILES string of the molecule is O=C(C=Cc1ccc(O)c(O)c1)OC1C(Cc2ccccc2)C(O)(C(=O)O)CC(O)C1(O)OC(=O)C=Cc1ccc(O)c(O)c1. The van der Waals surface area contributed by atoms with Crippen LogP contribution in [0.1, 0.15) is 23.1 Å². The summed E-state index contributed by atoms with van der Waals surface area (Å²) in [5, 5.41) is 82.3. The summed E-state index contributed by atoms with van der Waals surface area (Å²) >= 11 is 0. The fraction of sp³-hybridized carbons (Fsp3) is 0.219. The maximum Gasteiger partial charge on any atom is 0.336 e. The molecule has 0 spiro atoms. The van der Waals surface area contributed by atoms with Gasteiger partial charge in [0.25, 0.3) is 5.79 Å². The van der Waals surface area contributed by atoms with Crippen LogP contribution in [0.2, 0.25) is 0 Å². The van der Waals surface area contributed by atoms with Crippen molar-refractivity contribution in [2.45, 2.75) is 36.4 Å². The smallest absolute Gasteiger partial charge is 0.336 e. The van der Waals surface area contributed by atoms with E-state index in [1.807, 2.05) is 0 Å². The lowest BCUT2D eigenvalue weighted by atomic mass is 9.67. The Morgan fingerprint density at radius 1 is 0.778 bits per heavy atom. The lowest BCUT2D eigenvalue weighted by Crippen LogP contribution is -2.71. The predicted octanol–water partition coefficient (Wildman–Crippen LogP) is 1.82. The minimum Gasteiger partial charge on any atom is -0.504 e. The second-order valence-corrected chi connectivity index (χ2v) is 10.4. The fourth-order valence-electron chi connectivity index (χ4n) is 4.98. The van der Waals surface area contributed by atoms with Crippen molar-refractivity contribution >= 4 is 30.1 Å². The predicted molar refractivity (Wildman–Crippen MR) is 155 cm³/mol. The lowest BCUT2D eigenvalue weighted by Gasteiger charge is -2.50. The molecule has 3 aromatic carbocycles. The molecule has 0 amide bonds. The van der Waals surface area contributed by atoms with Gasteiger partial charge in [-0.3, -0.25) is 0 Å². The summed E-state index contributed by atoms with van der Waals surface area (Å²) in [7, 11) is 0. The Balaban J connectivity index is 1.71. The van der Waals surface area contributed by atoms with Gasteiger partial charge in [-0.05, 0) is 59.5 Å². The number of ether oxygens (including phenoxy) is 2. The number of benzene rings is 3. The normalized spacial score (nSPS) is 24.8.